The van der Waals surface area contributed by atoms with Gasteiger partial charge in [-0.2, -0.15) is 4.68 Å². The zero-order chi connectivity index (χ0) is 17.3. The monoisotopic (exact) mass is 398 g/mol. The molecule has 0 aliphatic heterocycles. The van der Waals surface area contributed by atoms with Crippen LogP contribution in [0, 0.1) is 13.8 Å². The summed E-state index contributed by atoms with van der Waals surface area (Å²) in [6.07, 6.45) is 0. The van der Waals surface area contributed by atoms with E-state index in [1.165, 1.54) is 28.7 Å². The van der Waals surface area contributed by atoms with Crippen LogP contribution in [0.3, 0.4) is 0 Å². The second kappa shape index (κ2) is 7.23. The molecule has 5 nitrogen and oxygen atoms in total. The molecule has 0 amide bonds. The molecule has 0 saturated carbocycles. The van der Waals surface area contributed by atoms with Crippen molar-refractivity contribution in [3.8, 4) is 5.69 Å². The molecule has 0 bridgehead atoms. The first kappa shape index (κ1) is 17.4. The molecule has 0 aliphatic rings. The second-order valence-electron chi connectivity index (χ2n) is 5.09. The Morgan fingerprint density at radius 1 is 1.25 bits per heavy atom. The summed E-state index contributed by atoms with van der Waals surface area (Å²) in [6, 6.07) is 7.55. The smallest absolute Gasteiger partial charge is 0.214 e. The number of thiophene rings is 1. The molecule has 3 rings (SSSR count). The van der Waals surface area contributed by atoms with E-state index in [9.17, 15) is 4.79 Å². The van der Waals surface area contributed by atoms with Gasteiger partial charge in [0.1, 0.15) is 4.34 Å². The van der Waals surface area contributed by atoms with Crippen molar-refractivity contribution in [1.29, 1.82) is 0 Å². The number of carbonyl (C=O) groups excluding carboxylic acids is 1. The predicted molar refractivity (Wildman–Crippen MR) is 98.0 cm³/mol. The maximum absolute atomic E-state index is 12.3. The molecule has 2 heterocycles. The molecule has 0 fully saturated rings. The van der Waals surface area contributed by atoms with E-state index < -0.39 is 0 Å². The van der Waals surface area contributed by atoms with Crippen molar-refractivity contribution in [3.63, 3.8) is 0 Å². The quantitative estimate of drug-likeness (QED) is 0.463. The molecule has 0 aliphatic carbocycles. The average Bonchev–Trinajstić information content (AvgIpc) is 3.14. The van der Waals surface area contributed by atoms with Crippen molar-refractivity contribution in [1.82, 2.24) is 20.2 Å². The van der Waals surface area contributed by atoms with Gasteiger partial charge >= 0.3 is 0 Å². The fraction of sp³-hybridized carbons (Fsp3) is 0.200. The van der Waals surface area contributed by atoms with Crippen LogP contribution in [0.5, 0.6) is 0 Å². The van der Waals surface area contributed by atoms with Crippen LogP contribution in [-0.2, 0) is 0 Å². The van der Waals surface area contributed by atoms with Gasteiger partial charge < -0.3 is 0 Å². The van der Waals surface area contributed by atoms with Gasteiger partial charge in [-0.05, 0) is 53.6 Å². The molecule has 1 aromatic carbocycles. The van der Waals surface area contributed by atoms with Gasteiger partial charge in [0.25, 0.3) is 0 Å². The molecule has 0 atom stereocenters. The van der Waals surface area contributed by atoms with Crippen LogP contribution < -0.4 is 0 Å². The Labute approximate surface area is 157 Å². The van der Waals surface area contributed by atoms with Gasteiger partial charge in [0.2, 0.25) is 5.16 Å². The van der Waals surface area contributed by atoms with Crippen LogP contribution in [0.25, 0.3) is 5.69 Å². The van der Waals surface area contributed by atoms with Crippen molar-refractivity contribution in [3.05, 3.63) is 49.6 Å². The number of thioether (sulfide) groups is 1. The van der Waals surface area contributed by atoms with E-state index in [1.807, 2.05) is 32.0 Å². The predicted octanol–water partition coefficient (Wildman–Crippen LogP) is 4.62. The van der Waals surface area contributed by atoms with Gasteiger partial charge in [0.05, 0.1) is 15.8 Å². The summed E-state index contributed by atoms with van der Waals surface area (Å²) in [5, 5.41) is 12.3. The number of hydrogen-bond donors (Lipinski definition) is 0. The van der Waals surface area contributed by atoms with Crippen LogP contribution in [0.4, 0.5) is 0 Å². The third-order valence-corrected chi connectivity index (χ3v) is 5.87. The standard InChI is InChI=1S/C15H12Cl2N4OS2/c1-8-3-4-10(5-9(8)2)21-15(18-19-20-21)23-7-12(22)11-6-13(16)24-14(11)17/h3-6H,7H2,1-2H3. The molecule has 9 heteroatoms. The van der Waals surface area contributed by atoms with Crippen molar-refractivity contribution in [2.24, 2.45) is 0 Å². The highest BCUT2D eigenvalue weighted by molar-refractivity contribution is 7.99. The van der Waals surface area contributed by atoms with Crippen molar-refractivity contribution < 1.29 is 4.79 Å². The van der Waals surface area contributed by atoms with Gasteiger partial charge in [0, 0.05) is 5.56 Å². The Hall–Kier alpha value is -1.41. The van der Waals surface area contributed by atoms with E-state index in [-0.39, 0.29) is 11.5 Å². The van der Waals surface area contributed by atoms with Crippen molar-refractivity contribution in [2.75, 3.05) is 5.75 Å². The Bertz CT molecular complexity index is 907. The van der Waals surface area contributed by atoms with Gasteiger partial charge in [-0.3, -0.25) is 4.79 Å². The summed E-state index contributed by atoms with van der Waals surface area (Å²) in [6.45, 7) is 4.07. The summed E-state index contributed by atoms with van der Waals surface area (Å²) in [5.41, 5.74) is 3.63. The molecule has 3 aromatic rings. The largest absolute Gasteiger partial charge is 0.293 e. The van der Waals surface area contributed by atoms with Gasteiger partial charge in [-0.1, -0.05) is 41.0 Å². The van der Waals surface area contributed by atoms with Crippen LogP contribution in [0.15, 0.2) is 29.4 Å². The lowest BCUT2D eigenvalue weighted by Gasteiger charge is -2.06. The maximum atomic E-state index is 12.3. The summed E-state index contributed by atoms with van der Waals surface area (Å²) in [5.74, 6) is 0.0700. The molecule has 124 valence electrons. The average molecular weight is 399 g/mol. The molecule has 24 heavy (non-hydrogen) atoms. The van der Waals surface area contributed by atoms with E-state index in [0.717, 1.165) is 11.3 Å². The number of aryl methyl sites for hydroxylation is 2. The number of nitrogens with zero attached hydrogens (tertiary/aromatic N) is 4. The van der Waals surface area contributed by atoms with Crippen LogP contribution >= 0.6 is 46.3 Å². The zero-order valence-electron chi connectivity index (χ0n) is 12.8. The van der Waals surface area contributed by atoms with Gasteiger partial charge in [0.15, 0.2) is 5.78 Å². The summed E-state index contributed by atoms with van der Waals surface area (Å²) in [7, 11) is 0. The first-order valence-corrected chi connectivity index (χ1v) is 9.48. The molecule has 0 radical (unpaired) electrons. The van der Waals surface area contributed by atoms with Gasteiger partial charge in [-0.15, -0.1) is 16.4 Å². The first-order valence-electron chi connectivity index (χ1n) is 6.92. The minimum absolute atomic E-state index is 0.109. The topological polar surface area (TPSA) is 60.7 Å². The second-order valence-corrected chi connectivity index (χ2v) is 8.32. The lowest BCUT2D eigenvalue weighted by molar-refractivity contribution is 0.102. The molecule has 0 N–H and O–H groups in total. The Kier molecular flexibility index (Phi) is 5.24. The summed E-state index contributed by atoms with van der Waals surface area (Å²) >= 11 is 14.3. The molecular weight excluding hydrogens is 387 g/mol. The Balaban J connectivity index is 1.77. The lowest BCUT2D eigenvalue weighted by Crippen LogP contribution is -2.04. The van der Waals surface area contributed by atoms with Crippen molar-refractivity contribution >= 4 is 52.1 Å². The minimum atomic E-state index is -0.109. The molecule has 0 saturated heterocycles. The lowest BCUT2D eigenvalue weighted by atomic mass is 10.1. The van der Waals surface area contributed by atoms with E-state index >= 15 is 0 Å². The number of carbonyl (C=O) groups is 1. The fourth-order valence-electron chi connectivity index (χ4n) is 2.03. The normalized spacial score (nSPS) is 11.0. The third kappa shape index (κ3) is 3.64. The fourth-order valence-corrected chi connectivity index (χ4v) is 4.30. The minimum Gasteiger partial charge on any atom is -0.293 e. The summed E-state index contributed by atoms with van der Waals surface area (Å²) < 4.78 is 2.51. The first-order chi connectivity index (χ1) is 11.5. The molecule has 2 aromatic heterocycles. The van der Waals surface area contributed by atoms with Crippen LogP contribution in [-0.4, -0.2) is 31.7 Å². The van der Waals surface area contributed by atoms with Crippen LogP contribution in [0.1, 0.15) is 21.5 Å². The summed E-state index contributed by atoms with van der Waals surface area (Å²) in [4.78, 5) is 12.3. The maximum Gasteiger partial charge on any atom is 0.214 e. The third-order valence-electron chi connectivity index (χ3n) is 3.47. The number of rotatable bonds is 5. The van der Waals surface area contributed by atoms with Crippen LogP contribution in [0.2, 0.25) is 8.67 Å². The number of hydrogen-bond acceptors (Lipinski definition) is 6. The number of benzene rings is 1. The number of Topliss-reactive ketones (excluding diaryl/α,β-unsaturated/α-hetero) is 1. The van der Waals surface area contributed by atoms with E-state index in [0.29, 0.717) is 19.4 Å². The van der Waals surface area contributed by atoms with Gasteiger partial charge in [-0.25, -0.2) is 0 Å². The molecular formula is C15H12Cl2N4OS2. The molecule has 0 spiro atoms. The molecule has 0 unspecified atom stereocenters. The van der Waals surface area contributed by atoms with E-state index in [1.54, 1.807) is 10.7 Å². The highest BCUT2D eigenvalue weighted by Crippen LogP contribution is 2.32. The Morgan fingerprint density at radius 3 is 2.71 bits per heavy atom. The highest BCUT2D eigenvalue weighted by Gasteiger charge is 2.17. The number of ketones is 1. The zero-order valence-corrected chi connectivity index (χ0v) is 15.9. The number of halogens is 2. The SMILES string of the molecule is Cc1ccc(-n2nnnc2SCC(=O)c2cc(Cl)sc2Cl)cc1C. The van der Waals surface area contributed by atoms with E-state index in [2.05, 4.69) is 15.5 Å². The number of aromatic nitrogens is 4. The van der Waals surface area contributed by atoms with Crippen molar-refractivity contribution in [2.45, 2.75) is 19.0 Å². The highest BCUT2D eigenvalue weighted by atomic mass is 35.5. The van der Waals surface area contributed by atoms with E-state index in [4.69, 9.17) is 23.2 Å². The number of tetrazole rings is 1. The Morgan fingerprint density at radius 2 is 2.04 bits per heavy atom.